The number of hydrogen-bond donors (Lipinski definition) is 0. The second-order valence-electron chi connectivity index (χ2n) is 0.794. The van der Waals surface area contributed by atoms with Gasteiger partial charge in [0.2, 0.25) is 0 Å². The molecule has 0 aromatic heterocycles. The van der Waals surface area contributed by atoms with E-state index in [4.69, 9.17) is 0 Å². The zero-order valence-electron chi connectivity index (χ0n) is 3.07. The molecule has 0 amide bonds. The SMILES string of the molecule is N1=[PH2]N=[PH2]N=[PH2]1. The van der Waals surface area contributed by atoms with Crippen LogP contribution in [0.4, 0.5) is 0 Å². The molecule has 6 heteroatoms. The Balaban J connectivity index is 2.77. The molecule has 0 saturated carbocycles. The van der Waals surface area contributed by atoms with E-state index in [0.29, 0.717) is 0 Å². The van der Waals surface area contributed by atoms with E-state index in [1.54, 1.807) is 0 Å². The van der Waals surface area contributed by atoms with Gasteiger partial charge in [-0.2, -0.15) is 0 Å². The van der Waals surface area contributed by atoms with Crippen molar-refractivity contribution in [1.82, 2.24) is 0 Å². The third-order valence-corrected chi connectivity index (χ3v) is 3.60. The molecule has 0 saturated heterocycles. The van der Waals surface area contributed by atoms with Crippen LogP contribution in [-0.4, -0.2) is 0 Å². The Labute approximate surface area is 40.0 Å². The lowest BCUT2D eigenvalue weighted by Gasteiger charge is -1.81. The summed E-state index contributed by atoms with van der Waals surface area (Å²) in [6.45, 7) is 0. The first-order valence-corrected chi connectivity index (χ1v) is 4.65. The molecule has 0 aromatic rings. The fourth-order valence-electron chi connectivity index (χ4n) is 0.205. The summed E-state index contributed by atoms with van der Waals surface area (Å²) in [7, 11) is 0.406. The van der Waals surface area contributed by atoms with E-state index in [-0.39, 0.29) is 25.6 Å². The summed E-state index contributed by atoms with van der Waals surface area (Å²) in [6.07, 6.45) is 0. The lowest BCUT2D eigenvalue weighted by molar-refractivity contribution is 1.85. The molecule has 1 aliphatic rings. The molecular weight excluding hydrogens is 135 g/mol. The van der Waals surface area contributed by atoms with Gasteiger partial charge in [0.05, 0.1) is 25.6 Å². The molecule has 6 heavy (non-hydrogen) atoms. The van der Waals surface area contributed by atoms with Crippen LogP contribution in [0.3, 0.4) is 0 Å². The normalized spacial score (nSPS) is 32.0. The van der Waals surface area contributed by atoms with Crippen molar-refractivity contribution < 1.29 is 0 Å². The highest BCUT2D eigenvalue weighted by Gasteiger charge is 1.62. The summed E-state index contributed by atoms with van der Waals surface area (Å²) < 4.78 is 12.1. The predicted octanol–water partition coefficient (Wildman–Crippen LogP) is 1.53. The lowest BCUT2D eigenvalue weighted by atomic mass is 13.8. The minimum absolute atomic E-state index is 0.135. The van der Waals surface area contributed by atoms with E-state index in [9.17, 15) is 0 Å². The van der Waals surface area contributed by atoms with Crippen LogP contribution in [0.15, 0.2) is 13.5 Å². The van der Waals surface area contributed by atoms with Gasteiger partial charge in [0.1, 0.15) is 0 Å². The van der Waals surface area contributed by atoms with Gasteiger partial charge in [-0.3, -0.25) is 13.5 Å². The minimum Gasteiger partial charge on any atom is -0.253 e. The van der Waals surface area contributed by atoms with Crippen LogP contribution in [0, 0.1) is 0 Å². The van der Waals surface area contributed by atoms with Crippen molar-refractivity contribution in [3.8, 4) is 0 Å². The van der Waals surface area contributed by atoms with E-state index in [1.165, 1.54) is 0 Å². The van der Waals surface area contributed by atoms with E-state index in [0.717, 1.165) is 0 Å². The molecule has 0 aliphatic carbocycles. The fourth-order valence-corrected chi connectivity index (χ4v) is 3.92. The smallest absolute Gasteiger partial charge is 0.0566 e. The standard InChI is InChI=1S/H6N3P3/c1-4-2-6-3-5-1/h4-6H2. The Morgan fingerprint density at radius 3 is 1.17 bits per heavy atom. The highest BCUT2D eigenvalue weighted by atomic mass is 31.1. The Morgan fingerprint density at radius 2 is 1.00 bits per heavy atom. The van der Waals surface area contributed by atoms with Gasteiger partial charge in [0.25, 0.3) is 0 Å². The third kappa shape index (κ3) is 1.43. The second kappa shape index (κ2) is 2.80. The van der Waals surface area contributed by atoms with Crippen molar-refractivity contribution in [1.29, 1.82) is 0 Å². The maximum atomic E-state index is 4.03. The molecule has 1 aliphatic heterocycles. The van der Waals surface area contributed by atoms with Gasteiger partial charge in [0.15, 0.2) is 0 Å². The van der Waals surface area contributed by atoms with Crippen LogP contribution in [0.5, 0.6) is 0 Å². The molecule has 0 fully saturated rings. The molecule has 0 aromatic carbocycles. The van der Waals surface area contributed by atoms with Gasteiger partial charge in [-0.1, -0.05) is 0 Å². The van der Waals surface area contributed by atoms with E-state index >= 15 is 0 Å². The van der Waals surface area contributed by atoms with Crippen molar-refractivity contribution in [3.05, 3.63) is 0 Å². The zero-order chi connectivity index (χ0) is 4.24. The molecule has 0 spiro atoms. The molecule has 0 bridgehead atoms. The summed E-state index contributed by atoms with van der Waals surface area (Å²) in [5.74, 6) is 0. The number of nitrogens with zero attached hydrogens (tertiary/aromatic N) is 3. The summed E-state index contributed by atoms with van der Waals surface area (Å²) in [6, 6.07) is 0. The first kappa shape index (κ1) is 4.84. The molecule has 0 radical (unpaired) electrons. The number of rotatable bonds is 0. The minimum atomic E-state index is 0.135. The van der Waals surface area contributed by atoms with Gasteiger partial charge in [-0.25, -0.2) is 0 Å². The topological polar surface area (TPSA) is 37.1 Å². The van der Waals surface area contributed by atoms with Gasteiger partial charge in [0, 0.05) is 0 Å². The summed E-state index contributed by atoms with van der Waals surface area (Å²) in [4.78, 5) is 0. The van der Waals surface area contributed by atoms with Crippen LogP contribution in [0.1, 0.15) is 0 Å². The van der Waals surface area contributed by atoms with Crippen molar-refractivity contribution >= 4 is 25.6 Å². The highest BCUT2D eigenvalue weighted by Crippen LogP contribution is 2.27. The summed E-state index contributed by atoms with van der Waals surface area (Å²) in [5, 5.41) is 0. The summed E-state index contributed by atoms with van der Waals surface area (Å²) in [5.41, 5.74) is 0. The van der Waals surface area contributed by atoms with Gasteiger partial charge in [-0.15, -0.1) is 0 Å². The average molecular weight is 141 g/mol. The van der Waals surface area contributed by atoms with E-state index in [1.807, 2.05) is 0 Å². The Hall–Kier alpha value is 0.690. The van der Waals surface area contributed by atoms with Crippen molar-refractivity contribution in [3.63, 3.8) is 0 Å². The molecule has 0 N–H and O–H groups in total. The largest absolute Gasteiger partial charge is 0.253 e. The maximum Gasteiger partial charge on any atom is 0.0566 e. The van der Waals surface area contributed by atoms with Crippen LogP contribution in [0.25, 0.3) is 0 Å². The van der Waals surface area contributed by atoms with Crippen molar-refractivity contribution in [2.75, 3.05) is 0 Å². The Kier molecular flexibility index (Phi) is 2.26. The second-order valence-corrected chi connectivity index (χ2v) is 5.06. The quantitative estimate of drug-likeness (QED) is 0.458. The Bertz CT molecular complexity index is 75.4. The van der Waals surface area contributed by atoms with E-state index < -0.39 is 0 Å². The first-order valence-electron chi connectivity index (χ1n) is 1.55. The highest BCUT2D eigenvalue weighted by molar-refractivity contribution is 7.50. The third-order valence-electron chi connectivity index (χ3n) is 0.400. The molecule has 36 valence electrons. The molecule has 1 heterocycles. The van der Waals surface area contributed by atoms with Crippen molar-refractivity contribution in [2.24, 2.45) is 13.5 Å². The first-order chi connectivity index (χ1) is 3.00. The predicted molar refractivity (Wildman–Crippen MR) is 36.4 cm³/mol. The van der Waals surface area contributed by atoms with Crippen LogP contribution in [-0.2, 0) is 0 Å². The molecule has 1 rings (SSSR count). The van der Waals surface area contributed by atoms with Crippen LogP contribution in [0.2, 0.25) is 0 Å². The molecule has 0 unspecified atom stereocenters. The van der Waals surface area contributed by atoms with Gasteiger partial charge >= 0.3 is 0 Å². The molecule has 0 atom stereocenters. The van der Waals surface area contributed by atoms with Gasteiger partial charge < -0.3 is 0 Å². The van der Waals surface area contributed by atoms with Crippen molar-refractivity contribution in [2.45, 2.75) is 0 Å². The van der Waals surface area contributed by atoms with Gasteiger partial charge in [-0.05, 0) is 0 Å². The Morgan fingerprint density at radius 1 is 0.667 bits per heavy atom. The fraction of sp³-hybridized carbons (Fsp3) is 0. The lowest BCUT2D eigenvalue weighted by Crippen LogP contribution is -1.22. The van der Waals surface area contributed by atoms with Crippen LogP contribution >= 0.6 is 25.6 Å². The maximum absolute atomic E-state index is 4.03. The molecule has 3 nitrogen and oxygen atoms in total. The molecular formula is H6N3P3. The summed E-state index contributed by atoms with van der Waals surface area (Å²) >= 11 is 0. The monoisotopic (exact) mass is 141 g/mol. The average Bonchev–Trinajstić information content (AvgIpc) is 1.72. The van der Waals surface area contributed by atoms with E-state index in [2.05, 4.69) is 13.5 Å². The number of hydrogen-bond acceptors (Lipinski definition) is 3. The van der Waals surface area contributed by atoms with Crippen LogP contribution < -0.4 is 0 Å². The zero-order valence-corrected chi connectivity index (χ0v) is 6.54.